The Bertz CT molecular complexity index is 884. The SMILES string of the molecule is O=C(CNC(=O)c1ccco1)Nc1cccc(S(=O)(=O)C2CCCC2)c1. The normalized spacial score (nSPS) is 14.9. The first-order chi connectivity index (χ1) is 12.5. The first-order valence-corrected chi connectivity index (χ1v) is 9.97. The number of amides is 2. The number of hydrogen-bond acceptors (Lipinski definition) is 5. The summed E-state index contributed by atoms with van der Waals surface area (Å²) < 4.78 is 30.2. The van der Waals surface area contributed by atoms with Crippen molar-refractivity contribution in [3.8, 4) is 0 Å². The van der Waals surface area contributed by atoms with Gasteiger partial charge in [-0.15, -0.1) is 0 Å². The third-order valence-electron chi connectivity index (χ3n) is 4.34. The molecule has 8 heteroatoms. The van der Waals surface area contributed by atoms with E-state index in [9.17, 15) is 18.0 Å². The Labute approximate surface area is 151 Å². The van der Waals surface area contributed by atoms with Gasteiger partial charge in [0.1, 0.15) is 0 Å². The van der Waals surface area contributed by atoms with Gasteiger partial charge in [-0.2, -0.15) is 0 Å². The van der Waals surface area contributed by atoms with Crippen LogP contribution in [0, 0.1) is 0 Å². The van der Waals surface area contributed by atoms with E-state index in [2.05, 4.69) is 10.6 Å². The Morgan fingerprint density at radius 3 is 2.58 bits per heavy atom. The van der Waals surface area contributed by atoms with Crippen molar-refractivity contribution in [2.75, 3.05) is 11.9 Å². The van der Waals surface area contributed by atoms with E-state index >= 15 is 0 Å². The van der Waals surface area contributed by atoms with Crippen LogP contribution in [0.3, 0.4) is 0 Å². The molecule has 26 heavy (non-hydrogen) atoms. The molecule has 1 fully saturated rings. The fraction of sp³-hybridized carbons (Fsp3) is 0.333. The molecule has 2 aromatic rings. The highest BCUT2D eigenvalue weighted by Gasteiger charge is 2.30. The molecule has 7 nitrogen and oxygen atoms in total. The molecule has 0 aliphatic heterocycles. The van der Waals surface area contributed by atoms with Gasteiger partial charge in [0.2, 0.25) is 5.91 Å². The third-order valence-corrected chi connectivity index (χ3v) is 6.60. The topological polar surface area (TPSA) is 105 Å². The highest BCUT2D eigenvalue weighted by atomic mass is 32.2. The summed E-state index contributed by atoms with van der Waals surface area (Å²) in [5.74, 6) is -0.842. The molecule has 1 saturated carbocycles. The summed E-state index contributed by atoms with van der Waals surface area (Å²) in [4.78, 5) is 23.9. The fourth-order valence-corrected chi connectivity index (χ4v) is 4.90. The van der Waals surface area contributed by atoms with Gasteiger partial charge in [0.15, 0.2) is 15.6 Å². The van der Waals surface area contributed by atoms with Gasteiger partial charge in [0.25, 0.3) is 5.91 Å². The highest BCUT2D eigenvalue weighted by molar-refractivity contribution is 7.92. The zero-order valence-electron chi connectivity index (χ0n) is 14.1. The molecule has 0 atom stereocenters. The zero-order chi connectivity index (χ0) is 18.6. The second kappa shape index (κ2) is 7.74. The summed E-state index contributed by atoms with van der Waals surface area (Å²) in [5.41, 5.74) is 0.376. The minimum Gasteiger partial charge on any atom is -0.459 e. The maximum atomic E-state index is 12.6. The second-order valence-corrected chi connectivity index (χ2v) is 8.42. The summed E-state index contributed by atoms with van der Waals surface area (Å²) >= 11 is 0. The van der Waals surface area contributed by atoms with Crippen molar-refractivity contribution in [2.45, 2.75) is 35.8 Å². The van der Waals surface area contributed by atoms with Gasteiger partial charge >= 0.3 is 0 Å². The van der Waals surface area contributed by atoms with Crippen LogP contribution in [0.25, 0.3) is 0 Å². The maximum Gasteiger partial charge on any atom is 0.287 e. The number of anilines is 1. The predicted molar refractivity (Wildman–Crippen MR) is 95.6 cm³/mol. The molecule has 2 amide bonds. The number of benzene rings is 1. The van der Waals surface area contributed by atoms with Crippen molar-refractivity contribution in [1.29, 1.82) is 0 Å². The van der Waals surface area contributed by atoms with E-state index in [4.69, 9.17) is 4.42 Å². The largest absolute Gasteiger partial charge is 0.459 e. The molecule has 1 aliphatic carbocycles. The molecule has 0 saturated heterocycles. The van der Waals surface area contributed by atoms with E-state index in [0.29, 0.717) is 18.5 Å². The molecule has 2 N–H and O–H groups in total. The second-order valence-electron chi connectivity index (χ2n) is 6.19. The smallest absolute Gasteiger partial charge is 0.287 e. The van der Waals surface area contributed by atoms with Gasteiger partial charge in [-0.25, -0.2) is 8.42 Å². The monoisotopic (exact) mass is 376 g/mol. The number of rotatable bonds is 6. The zero-order valence-corrected chi connectivity index (χ0v) is 14.9. The lowest BCUT2D eigenvalue weighted by Gasteiger charge is -2.12. The summed E-state index contributed by atoms with van der Waals surface area (Å²) in [6, 6.07) is 9.27. The van der Waals surface area contributed by atoms with Gasteiger partial charge in [-0.3, -0.25) is 9.59 Å². The number of sulfone groups is 1. The van der Waals surface area contributed by atoms with E-state index in [1.807, 2.05) is 0 Å². The van der Waals surface area contributed by atoms with E-state index in [-0.39, 0.29) is 22.5 Å². The first-order valence-electron chi connectivity index (χ1n) is 8.42. The van der Waals surface area contributed by atoms with Crippen LogP contribution in [-0.4, -0.2) is 32.0 Å². The minimum atomic E-state index is -3.39. The lowest BCUT2D eigenvalue weighted by atomic mass is 10.3. The average molecular weight is 376 g/mol. The van der Waals surface area contributed by atoms with Crippen LogP contribution in [0.5, 0.6) is 0 Å². The Balaban J connectivity index is 1.61. The number of hydrogen-bond donors (Lipinski definition) is 2. The van der Waals surface area contributed by atoms with Crippen molar-refractivity contribution in [3.05, 3.63) is 48.4 Å². The van der Waals surface area contributed by atoms with Gasteiger partial charge in [0.05, 0.1) is 23.0 Å². The molecule has 1 aromatic carbocycles. The van der Waals surface area contributed by atoms with Crippen molar-refractivity contribution in [2.24, 2.45) is 0 Å². The van der Waals surface area contributed by atoms with Crippen molar-refractivity contribution in [1.82, 2.24) is 5.32 Å². The van der Waals surface area contributed by atoms with Crippen LogP contribution < -0.4 is 10.6 Å². The Morgan fingerprint density at radius 1 is 1.12 bits per heavy atom. The Kier molecular flexibility index (Phi) is 5.41. The van der Waals surface area contributed by atoms with Gasteiger partial charge in [-0.1, -0.05) is 18.9 Å². The van der Waals surface area contributed by atoms with Crippen LogP contribution in [0.1, 0.15) is 36.2 Å². The van der Waals surface area contributed by atoms with Crippen LogP contribution in [0.15, 0.2) is 52.0 Å². The van der Waals surface area contributed by atoms with Gasteiger partial charge < -0.3 is 15.1 Å². The summed E-state index contributed by atoms with van der Waals surface area (Å²) in [6.07, 6.45) is 4.58. The molecule has 0 radical (unpaired) electrons. The first kappa shape index (κ1) is 18.2. The van der Waals surface area contributed by atoms with Crippen LogP contribution >= 0.6 is 0 Å². The van der Waals surface area contributed by atoms with E-state index in [0.717, 1.165) is 12.8 Å². The van der Waals surface area contributed by atoms with Crippen LogP contribution in [0.2, 0.25) is 0 Å². The highest BCUT2D eigenvalue weighted by Crippen LogP contribution is 2.30. The van der Waals surface area contributed by atoms with Crippen LogP contribution in [0.4, 0.5) is 5.69 Å². The third kappa shape index (κ3) is 4.13. The standard InChI is InChI=1S/C18H20N2O5S/c21-17(12-19-18(22)16-9-4-10-25-16)20-13-5-3-8-15(11-13)26(23,24)14-6-1-2-7-14/h3-5,8-11,14H,1-2,6-7,12H2,(H,19,22)(H,20,21). The molecule has 0 bridgehead atoms. The maximum absolute atomic E-state index is 12.6. The Hall–Kier alpha value is -2.61. The molecule has 0 spiro atoms. The lowest BCUT2D eigenvalue weighted by Crippen LogP contribution is -2.32. The average Bonchev–Trinajstić information content (AvgIpc) is 3.33. The van der Waals surface area contributed by atoms with Gasteiger partial charge in [-0.05, 0) is 43.2 Å². The van der Waals surface area contributed by atoms with Crippen LogP contribution in [-0.2, 0) is 14.6 Å². The van der Waals surface area contributed by atoms with Crippen molar-refractivity contribution >= 4 is 27.3 Å². The van der Waals surface area contributed by atoms with E-state index in [1.54, 1.807) is 24.3 Å². The molecule has 1 aliphatic rings. The number of nitrogens with one attached hydrogen (secondary N) is 2. The molecular formula is C18H20N2O5S. The number of carbonyl (C=O) groups is 2. The molecule has 138 valence electrons. The van der Waals surface area contributed by atoms with Gasteiger partial charge in [0, 0.05) is 5.69 Å². The lowest BCUT2D eigenvalue weighted by molar-refractivity contribution is -0.115. The molecule has 0 unspecified atom stereocenters. The minimum absolute atomic E-state index is 0.113. The quantitative estimate of drug-likeness (QED) is 0.805. The molecule has 3 rings (SSSR count). The number of carbonyl (C=O) groups excluding carboxylic acids is 2. The Morgan fingerprint density at radius 2 is 1.88 bits per heavy atom. The van der Waals surface area contributed by atoms with E-state index in [1.165, 1.54) is 18.4 Å². The summed E-state index contributed by atoms with van der Waals surface area (Å²) in [5, 5.41) is 4.68. The molecule has 1 aromatic heterocycles. The van der Waals surface area contributed by atoms with E-state index < -0.39 is 21.7 Å². The molecule has 1 heterocycles. The predicted octanol–water partition coefficient (Wildman–Crippen LogP) is 2.36. The fourth-order valence-electron chi connectivity index (χ4n) is 3.00. The summed E-state index contributed by atoms with van der Waals surface area (Å²) in [7, 11) is -3.39. The molecular weight excluding hydrogens is 356 g/mol. The van der Waals surface area contributed by atoms with Crippen molar-refractivity contribution < 1.29 is 22.4 Å². The summed E-state index contributed by atoms with van der Waals surface area (Å²) in [6.45, 7) is -0.251. The van der Waals surface area contributed by atoms with Crippen molar-refractivity contribution in [3.63, 3.8) is 0 Å². The number of furan rings is 1.